The molecule has 0 aliphatic carbocycles. The van der Waals surface area contributed by atoms with Crippen molar-refractivity contribution in [3.05, 3.63) is 23.5 Å². The van der Waals surface area contributed by atoms with Gasteiger partial charge in [-0.25, -0.2) is 0 Å². The summed E-state index contributed by atoms with van der Waals surface area (Å²) in [5, 5.41) is 0. The maximum atomic E-state index is 5.88. The summed E-state index contributed by atoms with van der Waals surface area (Å²) in [4.78, 5) is 9.08. The predicted molar refractivity (Wildman–Crippen MR) is 68.2 cm³/mol. The fourth-order valence-corrected chi connectivity index (χ4v) is 2.36. The lowest BCUT2D eigenvalue weighted by Gasteiger charge is -2.35. The van der Waals surface area contributed by atoms with Crippen LogP contribution in [0.3, 0.4) is 0 Å². The van der Waals surface area contributed by atoms with Gasteiger partial charge in [-0.15, -0.1) is 11.6 Å². The van der Waals surface area contributed by atoms with Crippen LogP contribution in [-0.4, -0.2) is 43.1 Å². The zero-order valence-electron chi connectivity index (χ0n) is 9.91. The fraction of sp³-hybridized carbons (Fsp3) is 0.583. The predicted octanol–water partition coefficient (Wildman–Crippen LogP) is 1.88. The molecule has 1 aromatic rings. The van der Waals surface area contributed by atoms with Crippen molar-refractivity contribution in [2.75, 3.05) is 38.1 Å². The Balaban J connectivity index is 2.20. The second-order valence-corrected chi connectivity index (χ2v) is 4.59. The van der Waals surface area contributed by atoms with Crippen LogP contribution >= 0.6 is 11.6 Å². The maximum absolute atomic E-state index is 5.88. The highest BCUT2D eigenvalue weighted by Gasteiger charge is 2.16. The zero-order chi connectivity index (χ0) is 11.5. The van der Waals surface area contributed by atoms with Crippen LogP contribution in [0.25, 0.3) is 0 Å². The van der Waals surface area contributed by atoms with E-state index in [1.807, 2.05) is 6.20 Å². The number of aromatic nitrogens is 1. The lowest BCUT2D eigenvalue weighted by atomic mass is 10.1. The van der Waals surface area contributed by atoms with Gasteiger partial charge in [-0.3, -0.25) is 4.98 Å². The lowest BCUT2D eigenvalue weighted by Crippen LogP contribution is -2.44. The van der Waals surface area contributed by atoms with Gasteiger partial charge in [0.05, 0.1) is 11.6 Å². The molecule has 0 aromatic carbocycles. The highest BCUT2D eigenvalue weighted by molar-refractivity contribution is 6.17. The van der Waals surface area contributed by atoms with Gasteiger partial charge in [-0.05, 0) is 25.6 Å². The zero-order valence-corrected chi connectivity index (χ0v) is 10.7. The molecule has 1 fully saturated rings. The molecule has 0 amide bonds. The molecule has 0 bridgehead atoms. The van der Waals surface area contributed by atoms with Gasteiger partial charge in [0, 0.05) is 38.1 Å². The summed E-state index contributed by atoms with van der Waals surface area (Å²) in [6.45, 7) is 6.53. The Labute approximate surface area is 102 Å². The minimum absolute atomic E-state index is 0.493. The average Bonchev–Trinajstić information content (AvgIpc) is 2.31. The van der Waals surface area contributed by atoms with Crippen molar-refractivity contribution in [2.45, 2.75) is 12.8 Å². The molecule has 1 aliphatic heterocycles. The van der Waals surface area contributed by atoms with E-state index in [0.717, 1.165) is 31.9 Å². The van der Waals surface area contributed by atoms with E-state index in [4.69, 9.17) is 11.6 Å². The molecule has 0 saturated carbocycles. The quantitative estimate of drug-likeness (QED) is 0.735. The molecule has 0 N–H and O–H groups in total. The highest BCUT2D eigenvalue weighted by Crippen LogP contribution is 2.23. The van der Waals surface area contributed by atoms with Gasteiger partial charge in [0.15, 0.2) is 0 Å². The minimum atomic E-state index is 0.493. The second-order valence-electron chi connectivity index (χ2n) is 4.33. The van der Waals surface area contributed by atoms with Crippen LogP contribution in [-0.2, 0) is 5.88 Å². The van der Waals surface area contributed by atoms with E-state index in [1.54, 1.807) is 0 Å². The topological polar surface area (TPSA) is 19.4 Å². The van der Waals surface area contributed by atoms with Crippen molar-refractivity contribution >= 4 is 17.3 Å². The highest BCUT2D eigenvalue weighted by atomic mass is 35.5. The Morgan fingerprint density at radius 1 is 1.31 bits per heavy atom. The van der Waals surface area contributed by atoms with Gasteiger partial charge in [0.2, 0.25) is 0 Å². The summed E-state index contributed by atoms with van der Waals surface area (Å²) in [7, 11) is 2.17. The van der Waals surface area contributed by atoms with E-state index in [-0.39, 0.29) is 0 Å². The molecule has 0 atom stereocenters. The van der Waals surface area contributed by atoms with Crippen LogP contribution in [0.5, 0.6) is 0 Å². The number of likely N-dealkylation sites (N-methyl/N-ethyl adjacent to an activating group) is 1. The van der Waals surface area contributed by atoms with Crippen LogP contribution in [0.2, 0.25) is 0 Å². The van der Waals surface area contributed by atoms with E-state index in [1.165, 1.54) is 11.3 Å². The van der Waals surface area contributed by atoms with E-state index >= 15 is 0 Å². The van der Waals surface area contributed by atoms with Crippen LogP contribution in [0.4, 0.5) is 5.69 Å². The third kappa shape index (κ3) is 2.30. The molecule has 3 nitrogen and oxygen atoms in total. The Morgan fingerprint density at radius 2 is 2.00 bits per heavy atom. The Hall–Kier alpha value is -0.800. The normalized spacial score (nSPS) is 17.8. The largest absolute Gasteiger partial charge is 0.369 e. The molecule has 0 unspecified atom stereocenters. The smallest absolute Gasteiger partial charge is 0.0650 e. The fourth-order valence-electron chi connectivity index (χ4n) is 2.09. The Morgan fingerprint density at radius 3 is 2.62 bits per heavy atom. The third-order valence-corrected chi connectivity index (χ3v) is 3.50. The molecule has 4 heteroatoms. The first-order chi connectivity index (χ1) is 7.72. The summed E-state index contributed by atoms with van der Waals surface area (Å²) in [6, 6.07) is 2.09. The Bertz CT molecular complexity index is 359. The van der Waals surface area contributed by atoms with Crippen molar-refractivity contribution in [3.63, 3.8) is 0 Å². The van der Waals surface area contributed by atoms with Gasteiger partial charge in [0.25, 0.3) is 0 Å². The molecule has 16 heavy (non-hydrogen) atoms. The second kappa shape index (κ2) is 5.02. The molecule has 1 aromatic heterocycles. The van der Waals surface area contributed by atoms with E-state index < -0.39 is 0 Å². The number of rotatable bonds is 2. The number of anilines is 1. The molecular weight excluding hydrogens is 222 g/mol. The van der Waals surface area contributed by atoms with Crippen molar-refractivity contribution in [1.29, 1.82) is 0 Å². The number of pyridine rings is 1. The van der Waals surface area contributed by atoms with Gasteiger partial charge in [0.1, 0.15) is 0 Å². The van der Waals surface area contributed by atoms with E-state index in [9.17, 15) is 0 Å². The average molecular weight is 240 g/mol. The number of halogens is 1. The van der Waals surface area contributed by atoms with Crippen LogP contribution < -0.4 is 4.90 Å². The van der Waals surface area contributed by atoms with Gasteiger partial charge in [-0.2, -0.15) is 0 Å². The van der Waals surface area contributed by atoms with E-state index in [0.29, 0.717) is 5.88 Å². The number of nitrogens with zero attached hydrogens (tertiary/aromatic N) is 3. The van der Waals surface area contributed by atoms with Crippen LogP contribution in [0.1, 0.15) is 11.3 Å². The first-order valence-corrected chi connectivity index (χ1v) is 6.19. The molecule has 2 rings (SSSR count). The molecule has 0 spiro atoms. The molecule has 2 heterocycles. The third-order valence-electron chi connectivity index (χ3n) is 3.25. The number of alkyl halides is 1. The Kier molecular flexibility index (Phi) is 3.66. The number of piperazine rings is 1. The van der Waals surface area contributed by atoms with Crippen LogP contribution in [0, 0.1) is 6.92 Å². The summed E-state index contributed by atoms with van der Waals surface area (Å²) in [6.07, 6.45) is 1.86. The first-order valence-electron chi connectivity index (χ1n) is 5.66. The van der Waals surface area contributed by atoms with Crippen molar-refractivity contribution in [2.24, 2.45) is 0 Å². The summed E-state index contributed by atoms with van der Waals surface area (Å²) < 4.78 is 0. The number of hydrogen-bond acceptors (Lipinski definition) is 3. The maximum Gasteiger partial charge on any atom is 0.0650 e. The molecule has 1 aliphatic rings. The molecule has 0 radical (unpaired) electrons. The molecule has 88 valence electrons. The van der Waals surface area contributed by atoms with Gasteiger partial charge in [-0.1, -0.05) is 0 Å². The summed E-state index contributed by atoms with van der Waals surface area (Å²) >= 11 is 5.88. The minimum Gasteiger partial charge on any atom is -0.369 e. The summed E-state index contributed by atoms with van der Waals surface area (Å²) in [5.74, 6) is 0.493. The van der Waals surface area contributed by atoms with Crippen molar-refractivity contribution < 1.29 is 0 Å². The lowest BCUT2D eigenvalue weighted by molar-refractivity contribution is 0.312. The van der Waals surface area contributed by atoms with E-state index in [2.05, 4.69) is 34.8 Å². The van der Waals surface area contributed by atoms with Crippen LogP contribution in [0.15, 0.2) is 12.3 Å². The van der Waals surface area contributed by atoms with Crippen molar-refractivity contribution in [1.82, 2.24) is 9.88 Å². The molecule has 1 saturated heterocycles. The number of hydrogen-bond donors (Lipinski definition) is 0. The summed E-state index contributed by atoms with van der Waals surface area (Å²) in [5.41, 5.74) is 3.51. The standard InChI is InChI=1S/C12H18ClN3/c1-10-11(9-13)14-4-3-12(10)16-7-5-15(2)6-8-16/h3-4H,5-9H2,1-2H3. The first kappa shape index (κ1) is 11.7. The van der Waals surface area contributed by atoms with Crippen molar-refractivity contribution in [3.8, 4) is 0 Å². The van der Waals surface area contributed by atoms with Gasteiger partial charge < -0.3 is 9.80 Å². The van der Waals surface area contributed by atoms with Gasteiger partial charge >= 0.3 is 0 Å². The molecular formula is C12H18ClN3. The monoisotopic (exact) mass is 239 g/mol. The SMILES string of the molecule is Cc1c(N2CCN(C)CC2)ccnc1CCl.